The zero-order valence-electron chi connectivity index (χ0n) is 9.88. The Bertz CT molecular complexity index is 357. The highest BCUT2D eigenvalue weighted by Gasteiger charge is 2.29. The van der Waals surface area contributed by atoms with E-state index in [0.717, 1.165) is 30.9 Å². The standard InChI is InChI=1S/C13H17Cl2NO/c1-16-7-9-5-10(6-9)17-8-11-12(14)3-2-4-13(11)15/h2-4,9-10,16H,5-8H2,1H3. The summed E-state index contributed by atoms with van der Waals surface area (Å²) < 4.78 is 5.81. The number of benzene rings is 1. The molecule has 0 saturated heterocycles. The Morgan fingerprint density at radius 1 is 1.29 bits per heavy atom. The van der Waals surface area contributed by atoms with E-state index in [-0.39, 0.29) is 0 Å². The Hall–Kier alpha value is -0.280. The lowest BCUT2D eigenvalue weighted by atomic mass is 9.82. The number of hydrogen-bond acceptors (Lipinski definition) is 2. The Labute approximate surface area is 112 Å². The molecule has 0 amide bonds. The minimum absolute atomic E-state index is 0.362. The lowest BCUT2D eigenvalue weighted by Gasteiger charge is -2.35. The van der Waals surface area contributed by atoms with Crippen LogP contribution in [0.3, 0.4) is 0 Å². The van der Waals surface area contributed by atoms with Gasteiger partial charge in [0.2, 0.25) is 0 Å². The fourth-order valence-corrected chi connectivity index (χ4v) is 2.64. The molecule has 0 radical (unpaired) electrons. The fourth-order valence-electron chi connectivity index (χ4n) is 2.14. The molecule has 0 atom stereocenters. The van der Waals surface area contributed by atoms with E-state index in [1.807, 2.05) is 25.2 Å². The summed E-state index contributed by atoms with van der Waals surface area (Å²) >= 11 is 12.2. The molecule has 1 N–H and O–H groups in total. The van der Waals surface area contributed by atoms with E-state index in [0.29, 0.717) is 22.8 Å². The summed E-state index contributed by atoms with van der Waals surface area (Å²) in [4.78, 5) is 0. The van der Waals surface area contributed by atoms with Gasteiger partial charge in [-0.15, -0.1) is 0 Å². The van der Waals surface area contributed by atoms with Gasteiger partial charge in [0.25, 0.3) is 0 Å². The average molecular weight is 274 g/mol. The zero-order valence-corrected chi connectivity index (χ0v) is 11.4. The van der Waals surface area contributed by atoms with Gasteiger partial charge in [0.05, 0.1) is 12.7 Å². The van der Waals surface area contributed by atoms with Gasteiger partial charge in [0.1, 0.15) is 0 Å². The van der Waals surface area contributed by atoms with Crippen molar-refractivity contribution in [1.82, 2.24) is 5.32 Å². The monoisotopic (exact) mass is 273 g/mol. The van der Waals surface area contributed by atoms with E-state index in [1.54, 1.807) is 0 Å². The Morgan fingerprint density at radius 3 is 2.53 bits per heavy atom. The maximum absolute atomic E-state index is 6.08. The second-order valence-electron chi connectivity index (χ2n) is 4.53. The molecule has 17 heavy (non-hydrogen) atoms. The van der Waals surface area contributed by atoms with Crippen molar-refractivity contribution < 1.29 is 4.74 Å². The molecule has 2 nitrogen and oxygen atoms in total. The smallest absolute Gasteiger partial charge is 0.0749 e. The second-order valence-corrected chi connectivity index (χ2v) is 5.34. The van der Waals surface area contributed by atoms with Gasteiger partial charge in [-0.3, -0.25) is 0 Å². The number of rotatable bonds is 5. The third-order valence-corrected chi connectivity index (χ3v) is 3.92. The van der Waals surface area contributed by atoms with Crippen LogP contribution in [0.2, 0.25) is 10.0 Å². The predicted molar refractivity (Wildman–Crippen MR) is 71.7 cm³/mol. The molecular formula is C13H17Cl2NO. The van der Waals surface area contributed by atoms with Crippen LogP contribution in [0, 0.1) is 5.92 Å². The Kier molecular flexibility index (Phi) is 4.69. The van der Waals surface area contributed by atoms with Crippen molar-refractivity contribution in [2.75, 3.05) is 13.6 Å². The molecule has 0 unspecified atom stereocenters. The first-order valence-corrected chi connectivity index (χ1v) is 6.65. The van der Waals surface area contributed by atoms with Crippen LogP contribution in [0.5, 0.6) is 0 Å². The molecule has 1 aliphatic carbocycles. The molecule has 0 aromatic heterocycles. The Morgan fingerprint density at radius 2 is 1.94 bits per heavy atom. The first-order valence-electron chi connectivity index (χ1n) is 5.89. The molecule has 1 aromatic carbocycles. The third kappa shape index (κ3) is 3.35. The molecule has 1 saturated carbocycles. The van der Waals surface area contributed by atoms with E-state index in [2.05, 4.69) is 5.32 Å². The van der Waals surface area contributed by atoms with Gasteiger partial charge in [-0.25, -0.2) is 0 Å². The summed E-state index contributed by atoms with van der Waals surface area (Å²) in [6.45, 7) is 1.59. The van der Waals surface area contributed by atoms with Crippen LogP contribution >= 0.6 is 23.2 Å². The van der Waals surface area contributed by atoms with E-state index in [9.17, 15) is 0 Å². The van der Waals surface area contributed by atoms with Gasteiger partial charge in [-0.2, -0.15) is 0 Å². The molecule has 94 valence electrons. The molecule has 1 aromatic rings. The highest BCUT2D eigenvalue weighted by Crippen LogP contribution is 2.32. The van der Waals surface area contributed by atoms with Gasteiger partial charge < -0.3 is 10.1 Å². The van der Waals surface area contributed by atoms with E-state index >= 15 is 0 Å². The van der Waals surface area contributed by atoms with Crippen LogP contribution in [0.15, 0.2) is 18.2 Å². The van der Waals surface area contributed by atoms with E-state index < -0.39 is 0 Å². The van der Waals surface area contributed by atoms with Crippen LogP contribution in [-0.4, -0.2) is 19.7 Å². The summed E-state index contributed by atoms with van der Waals surface area (Å²) in [5.74, 6) is 0.756. The van der Waals surface area contributed by atoms with Crippen molar-refractivity contribution >= 4 is 23.2 Å². The summed E-state index contributed by atoms with van der Waals surface area (Å²) in [7, 11) is 1.98. The average Bonchev–Trinajstić information content (AvgIpc) is 2.24. The van der Waals surface area contributed by atoms with Crippen molar-refractivity contribution in [1.29, 1.82) is 0 Å². The number of ether oxygens (including phenoxy) is 1. The molecule has 0 bridgehead atoms. The zero-order chi connectivity index (χ0) is 12.3. The first-order chi connectivity index (χ1) is 8.20. The quantitative estimate of drug-likeness (QED) is 0.887. The van der Waals surface area contributed by atoms with Gasteiger partial charge in [0.15, 0.2) is 0 Å². The van der Waals surface area contributed by atoms with Crippen molar-refractivity contribution in [3.8, 4) is 0 Å². The van der Waals surface area contributed by atoms with Gasteiger partial charge in [-0.05, 0) is 44.5 Å². The highest BCUT2D eigenvalue weighted by molar-refractivity contribution is 6.35. The molecule has 1 aliphatic rings. The molecule has 0 heterocycles. The van der Waals surface area contributed by atoms with Gasteiger partial charge >= 0.3 is 0 Å². The summed E-state index contributed by atoms with van der Waals surface area (Å²) in [6, 6.07) is 5.54. The SMILES string of the molecule is CNCC1CC(OCc2c(Cl)cccc2Cl)C1. The van der Waals surface area contributed by atoms with Crippen LogP contribution < -0.4 is 5.32 Å². The van der Waals surface area contributed by atoms with Gasteiger partial charge in [0, 0.05) is 15.6 Å². The lowest BCUT2D eigenvalue weighted by molar-refractivity contribution is -0.0390. The normalized spacial score (nSPS) is 23.5. The molecule has 0 spiro atoms. The summed E-state index contributed by atoms with van der Waals surface area (Å²) in [5, 5.41) is 4.55. The van der Waals surface area contributed by atoms with Crippen LogP contribution in [-0.2, 0) is 11.3 Å². The number of nitrogens with one attached hydrogen (secondary N) is 1. The molecule has 2 rings (SSSR count). The maximum Gasteiger partial charge on any atom is 0.0749 e. The van der Waals surface area contributed by atoms with E-state index in [4.69, 9.17) is 27.9 Å². The first kappa shape index (κ1) is 13.2. The fraction of sp³-hybridized carbons (Fsp3) is 0.538. The molecule has 0 aliphatic heterocycles. The lowest BCUT2D eigenvalue weighted by Crippen LogP contribution is -2.36. The van der Waals surface area contributed by atoms with Crippen LogP contribution in [0.4, 0.5) is 0 Å². The van der Waals surface area contributed by atoms with Crippen molar-refractivity contribution in [3.63, 3.8) is 0 Å². The molecular weight excluding hydrogens is 257 g/mol. The topological polar surface area (TPSA) is 21.3 Å². The third-order valence-electron chi connectivity index (χ3n) is 3.21. The van der Waals surface area contributed by atoms with Crippen molar-refractivity contribution in [2.24, 2.45) is 5.92 Å². The van der Waals surface area contributed by atoms with Crippen molar-refractivity contribution in [2.45, 2.75) is 25.6 Å². The summed E-state index contributed by atoms with van der Waals surface area (Å²) in [6.07, 6.45) is 2.62. The van der Waals surface area contributed by atoms with Crippen LogP contribution in [0.25, 0.3) is 0 Å². The maximum atomic E-state index is 6.08. The van der Waals surface area contributed by atoms with Gasteiger partial charge in [-0.1, -0.05) is 29.3 Å². The van der Waals surface area contributed by atoms with Crippen molar-refractivity contribution in [3.05, 3.63) is 33.8 Å². The molecule has 1 fully saturated rings. The summed E-state index contributed by atoms with van der Waals surface area (Å²) in [5.41, 5.74) is 0.896. The minimum Gasteiger partial charge on any atom is -0.373 e. The molecule has 4 heteroatoms. The predicted octanol–water partition coefficient (Wildman–Crippen LogP) is 3.51. The Balaban J connectivity index is 1.80. The van der Waals surface area contributed by atoms with E-state index in [1.165, 1.54) is 0 Å². The largest absolute Gasteiger partial charge is 0.373 e. The number of hydrogen-bond donors (Lipinski definition) is 1. The second kappa shape index (κ2) is 6.05. The minimum atomic E-state index is 0.362. The number of halogens is 2. The van der Waals surface area contributed by atoms with Crippen LogP contribution in [0.1, 0.15) is 18.4 Å². The highest BCUT2D eigenvalue weighted by atomic mass is 35.5.